The maximum Gasteiger partial charge on any atom is 0.227 e. The summed E-state index contributed by atoms with van der Waals surface area (Å²) in [4.78, 5) is 17.2. The third-order valence-electron chi connectivity index (χ3n) is 5.40. The van der Waals surface area contributed by atoms with Gasteiger partial charge in [-0.3, -0.25) is 4.79 Å². The number of amides is 1. The largest absolute Gasteiger partial charge is 0.491 e. The van der Waals surface area contributed by atoms with Gasteiger partial charge in [0.15, 0.2) is 0 Å². The molecular weight excluding hydrogens is 423 g/mol. The number of benzene rings is 2. The molecule has 1 atom stereocenters. The monoisotopic (exact) mass is 450 g/mol. The summed E-state index contributed by atoms with van der Waals surface area (Å²) in [6.07, 6.45) is 0.262. The minimum Gasteiger partial charge on any atom is -0.491 e. The van der Waals surface area contributed by atoms with E-state index >= 15 is 0 Å². The minimum atomic E-state index is -0.0698. The number of aliphatic hydroxyl groups is 1. The van der Waals surface area contributed by atoms with Crippen molar-refractivity contribution in [2.45, 2.75) is 19.4 Å². The minimum absolute atomic E-state index is 0.0209. The molecular formula is C23H28Cl2N2O3. The van der Waals surface area contributed by atoms with Crippen molar-refractivity contribution < 1.29 is 14.6 Å². The first-order valence-corrected chi connectivity index (χ1v) is 10.9. The molecule has 1 aliphatic heterocycles. The molecule has 0 spiro atoms. The van der Waals surface area contributed by atoms with Crippen LogP contribution in [-0.2, 0) is 11.2 Å². The van der Waals surface area contributed by atoms with E-state index in [0.29, 0.717) is 21.7 Å². The van der Waals surface area contributed by atoms with Crippen LogP contribution in [0.1, 0.15) is 24.1 Å². The quantitative estimate of drug-likeness (QED) is 0.625. The lowest BCUT2D eigenvalue weighted by Gasteiger charge is -2.41. The predicted octanol–water partition coefficient (Wildman–Crippen LogP) is 4.06. The predicted molar refractivity (Wildman–Crippen MR) is 120 cm³/mol. The third-order valence-corrected chi connectivity index (χ3v) is 6.14. The average molecular weight is 451 g/mol. The second kappa shape index (κ2) is 10.5. The topological polar surface area (TPSA) is 53.0 Å². The van der Waals surface area contributed by atoms with Gasteiger partial charge in [0.05, 0.1) is 29.1 Å². The van der Waals surface area contributed by atoms with Crippen LogP contribution in [0.4, 0.5) is 0 Å². The van der Waals surface area contributed by atoms with E-state index in [4.69, 9.17) is 33.0 Å². The maximum atomic E-state index is 13.1. The second-order valence-corrected chi connectivity index (χ2v) is 8.72. The molecule has 1 amide bonds. The van der Waals surface area contributed by atoms with E-state index in [0.717, 1.165) is 30.8 Å². The molecule has 0 unspecified atom stereocenters. The SMILES string of the molecule is CC1CN(C[C@H](c2ccc(OCCO)cc2)N(C)C(=O)Cc2ccc(Cl)c(Cl)c2)C1. The molecule has 30 heavy (non-hydrogen) atoms. The smallest absolute Gasteiger partial charge is 0.227 e. The fraction of sp³-hybridized carbons (Fsp3) is 0.435. The van der Waals surface area contributed by atoms with Crippen molar-refractivity contribution >= 4 is 29.1 Å². The summed E-state index contributed by atoms with van der Waals surface area (Å²) in [6.45, 7) is 5.34. The molecule has 1 heterocycles. The van der Waals surface area contributed by atoms with Gasteiger partial charge < -0.3 is 19.6 Å². The van der Waals surface area contributed by atoms with E-state index in [2.05, 4.69) is 11.8 Å². The highest BCUT2D eigenvalue weighted by Gasteiger charge is 2.29. The summed E-state index contributed by atoms with van der Waals surface area (Å²) in [5.74, 6) is 1.42. The van der Waals surface area contributed by atoms with Gasteiger partial charge in [-0.15, -0.1) is 0 Å². The standard InChI is InChI=1S/C23H28Cl2N2O3/c1-16-13-27(14-16)15-22(18-4-6-19(7-5-18)30-10-9-28)26(2)23(29)12-17-3-8-20(24)21(25)11-17/h3-8,11,16,22,28H,9-10,12-15H2,1-2H3/t22-/m1/s1. The molecule has 7 heteroatoms. The van der Waals surface area contributed by atoms with Gasteiger partial charge >= 0.3 is 0 Å². The van der Waals surface area contributed by atoms with Crippen molar-refractivity contribution in [3.63, 3.8) is 0 Å². The number of nitrogens with zero attached hydrogens (tertiary/aromatic N) is 2. The Balaban J connectivity index is 1.74. The summed E-state index contributed by atoms with van der Waals surface area (Å²) >= 11 is 12.1. The molecule has 0 bridgehead atoms. The Morgan fingerprint density at radius 2 is 1.90 bits per heavy atom. The van der Waals surface area contributed by atoms with E-state index in [1.165, 1.54) is 0 Å². The first kappa shape index (κ1) is 22.9. The fourth-order valence-electron chi connectivity index (χ4n) is 3.75. The lowest BCUT2D eigenvalue weighted by molar-refractivity contribution is -0.132. The Morgan fingerprint density at radius 3 is 2.50 bits per heavy atom. The molecule has 1 aliphatic rings. The van der Waals surface area contributed by atoms with Crippen LogP contribution in [0.3, 0.4) is 0 Å². The Hall–Kier alpha value is -1.79. The molecule has 2 aromatic carbocycles. The number of ether oxygens (including phenoxy) is 1. The van der Waals surface area contributed by atoms with Gasteiger partial charge in [0.2, 0.25) is 5.91 Å². The summed E-state index contributed by atoms with van der Waals surface area (Å²) in [6, 6.07) is 13.0. The Bertz CT molecular complexity index is 854. The number of rotatable bonds is 9. The highest BCUT2D eigenvalue weighted by Crippen LogP contribution is 2.28. The summed E-state index contributed by atoms with van der Waals surface area (Å²) < 4.78 is 5.46. The highest BCUT2D eigenvalue weighted by molar-refractivity contribution is 6.42. The van der Waals surface area contributed by atoms with Gasteiger partial charge in [0, 0.05) is 26.7 Å². The molecule has 3 rings (SSSR count). The maximum absolute atomic E-state index is 13.1. The average Bonchev–Trinajstić information content (AvgIpc) is 2.71. The molecule has 1 fully saturated rings. The third kappa shape index (κ3) is 5.88. The summed E-state index contributed by atoms with van der Waals surface area (Å²) in [5, 5.41) is 9.86. The second-order valence-electron chi connectivity index (χ2n) is 7.91. The van der Waals surface area contributed by atoms with Crippen molar-refractivity contribution in [1.82, 2.24) is 9.80 Å². The van der Waals surface area contributed by atoms with Gasteiger partial charge in [-0.25, -0.2) is 0 Å². The van der Waals surface area contributed by atoms with Crippen LogP contribution in [-0.4, -0.2) is 60.7 Å². The number of carbonyl (C=O) groups is 1. The van der Waals surface area contributed by atoms with E-state index in [1.54, 1.807) is 12.1 Å². The number of likely N-dealkylation sites (N-methyl/N-ethyl adjacent to an activating group) is 1. The normalized spacial score (nSPS) is 15.5. The Labute approximate surface area is 188 Å². The molecule has 1 saturated heterocycles. The molecule has 0 saturated carbocycles. The zero-order valence-electron chi connectivity index (χ0n) is 17.4. The van der Waals surface area contributed by atoms with Crippen LogP contribution in [0.15, 0.2) is 42.5 Å². The van der Waals surface area contributed by atoms with Crippen LogP contribution in [0.2, 0.25) is 10.0 Å². The molecule has 2 aromatic rings. The summed E-state index contributed by atoms with van der Waals surface area (Å²) in [5.41, 5.74) is 1.89. The van der Waals surface area contributed by atoms with Crippen LogP contribution >= 0.6 is 23.2 Å². The fourth-order valence-corrected chi connectivity index (χ4v) is 4.07. The van der Waals surface area contributed by atoms with Crippen molar-refractivity contribution in [2.24, 2.45) is 5.92 Å². The lowest BCUT2D eigenvalue weighted by atomic mass is 9.98. The number of halogens is 2. The Kier molecular flexibility index (Phi) is 8.00. The van der Waals surface area contributed by atoms with Gasteiger partial charge in [0.25, 0.3) is 0 Å². The number of likely N-dealkylation sites (tertiary alicyclic amines) is 1. The first-order valence-electron chi connectivity index (χ1n) is 10.1. The number of hydrogen-bond acceptors (Lipinski definition) is 4. The summed E-state index contributed by atoms with van der Waals surface area (Å²) in [7, 11) is 1.85. The zero-order valence-corrected chi connectivity index (χ0v) is 18.9. The van der Waals surface area contributed by atoms with E-state index < -0.39 is 0 Å². The Morgan fingerprint density at radius 1 is 1.20 bits per heavy atom. The van der Waals surface area contributed by atoms with Crippen molar-refractivity contribution in [1.29, 1.82) is 0 Å². The van der Waals surface area contributed by atoms with Crippen LogP contribution in [0, 0.1) is 5.92 Å². The van der Waals surface area contributed by atoms with Crippen molar-refractivity contribution in [3.8, 4) is 5.75 Å². The number of hydrogen-bond donors (Lipinski definition) is 1. The number of carbonyl (C=O) groups excluding carboxylic acids is 1. The molecule has 5 nitrogen and oxygen atoms in total. The van der Waals surface area contributed by atoms with Gasteiger partial charge in [-0.1, -0.05) is 48.3 Å². The lowest BCUT2D eigenvalue weighted by Crippen LogP contribution is -2.49. The first-order chi connectivity index (χ1) is 14.4. The van der Waals surface area contributed by atoms with E-state index in [1.807, 2.05) is 42.3 Å². The van der Waals surface area contributed by atoms with Gasteiger partial charge in [0.1, 0.15) is 12.4 Å². The van der Waals surface area contributed by atoms with Crippen LogP contribution in [0.5, 0.6) is 5.75 Å². The van der Waals surface area contributed by atoms with Gasteiger partial charge in [-0.2, -0.15) is 0 Å². The molecule has 162 valence electrons. The molecule has 1 N–H and O–H groups in total. The molecule has 0 aliphatic carbocycles. The number of aliphatic hydroxyl groups excluding tert-OH is 1. The van der Waals surface area contributed by atoms with Gasteiger partial charge in [-0.05, 0) is 41.3 Å². The zero-order chi connectivity index (χ0) is 21.7. The van der Waals surface area contributed by atoms with Crippen LogP contribution < -0.4 is 4.74 Å². The van der Waals surface area contributed by atoms with Crippen LogP contribution in [0.25, 0.3) is 0 Å². The van der Waals surface area contributed by atoms with Crippen molar-refractivity contribution in [2.75, 3.05) is 39.9 Å². The molecule has 0 aromatic heterocycles. The van der Waals surface area contributed by atoms with Crippen molar-refractivity contribution in [3.05, 3.63) is 63.6 Å². The van der Waals surface area contributed by atoms with E-state index in [9.17, 15) is 4.79 Å². The van der Waals surface area contributed by atoms with E-state index in [-0.39, 0.29) is 31.6 Å². The molecule has 0 radical (unpaired) electrons. The highest BCUT2D eigenvalue weighted by atomic mass is 35.5.